The van der Waals surface area contributed by atoms with Crippen LogP contribution in [0, 0.1) is 19.8 Å². The van der Waals surface area contributed by atoms with E-state index in [1.54, 1.807) is 0 Å². The minimum atomic E-state index is -0.0370. The van der Waals surface area contributed by atoms with E-state index in [1.165, 1.54) is 11.3 Å². The van der Waals surface area contributed by atoms with E-state index in [-0.39, 0.29) is 11.9 Å². The van der Waals surface area contributed by atoms with E-state index in [0.717, 1.165) is 41.7 Å². The Morgan fingerprint density at radius 1 is 1.45 bits per heavy atom. The van der Waals surface area contributed by atoms with Gasteiger partial charge in [0.15, 0.2) is 10.8 Å². The van der Waals surface area contributed by atoms with E-state index in [4.69, 9.17) is 4.42 Å². The molecular formula is C16H21N3O2S. The zero-order chi connectivity index (χ0) is 15.7. The zero-order valence-corrected chi connectivity index (χ0v) is 13.9. The molecule has 0 saturated carbocycles. The van der Waals surface area contributed by atoms with Crippen LogP contribution < -0.4 is 10.6 Å². The molecule has 0 aromatic carbocycles. The fraction of sp³-hybridized carbons (Fsp3) is 0.500. The van der Waals surface area contributed by atoms with Gasteiger partial charge in [0, 0.05) is 12.6 Å². The number of hydrogen-bond acceptors (Lipinski definition) is 5. The van der Waals surface area contributed by atoms with E-state index >= 15 is 0 Å². The lowest BCUT2D eigenvalue weighted by Crippen LogP contribution is -2.50. The van der Waals surface area contributed by atoms with Crippen LogP contribution in [0.5, 0.6) is 0 Å². The molecule has 2 aromatic heterocycles. The molecule has 3 heterocycles. The third-order valence-electron chi connectivity index (χ3n) is 4.10. The second-order valence-electron chi connectivity index (χ2n) is 5.89. The van der Waals surface area contributed by atoms with Gasteiger partial charge in [0.25, 0.3) is 5.91 Å². The number of aryl methyl sites for hydroxylation is 2. The number of furan rings is 1. The Morgan fingerprint density at radius 3 is 2.95 bits per heavy atom. The number of nitrogens with one attached hydrogen (secondary N) is 2. The van der Waals surface area contributed by atoms with Gasteiger partial charge in [-0.05, 0) is 44.9 Å². The first-order valence-electron chi connectivity index (χ1n) is 7.60. The number of nitrogens with zero attached hydrogens (tertiary/aromatic N) is 1. The third kappa shape index (κ3) is 3.08. The standard InChI is InChI=1S/C16H21N3O2S/c1-9-6-7-17-8-12(9)19-15(20)14-11(3)18-16(22-14)13-5-4-10(2)21-13/h4-5,9,12,17H,6-8H2,1-3H3,(H,19,20). The van der Waals surface area contributed by atoms with Gasteiger partial charge in [0.05, 0.1) is 5.69 Å². The van der Waals surface area contributed by atoms with Crippen LogP contribution in [0.4, 0.5) is 0 Å². The molecule has 22 heavy (non-hydrogen) atoms. The summed E-state index contributed by atoms with van der Waals surface area (Å²) in [5.74, 6) is 2.02. The lowest BCUT2D eigenvalue weighted by molar-refractivity contribution is 0.0918. The Bertz CT molecular complexity index is 677. The molecule has 2 unspecified atom stereocenters. The Balaban J connectivity index is 1.76. The molecule has 1 saturated heterocycles. The molecule has 0 bridgehead atoms. The number of piperidine rings is 1. The number of carbonyl (C=O) groups is 1. The van der Waals surface area contributed by atoms with Crippen LogP contribution >= 0.6 is 11.3 Å². The monoisotopic (exact) mass is 319 g/mol. The summed E-state index contributed by atoms with van der Waals surface area (Å²) in [7, 11) is 0. The maximum Gasteiger partial charge on any atom is 0.263 e. The summed E-state index contributed by atoms with van der Waals surface area (Å²) in [5, 5.41) is 7.22. The number of hydrogen-bond donors (Lipinski definition) is 2. The maximum absolute atomic E-state index is 12.5. The van der Waals surface area contributed by atoms with Crippen molar-refractivity contribution in [1.29, 1.82) is 0 Å². The van der Waals surface area contributed by atoms with Gasteiger partial charge in [-0.25, -0.2) is 4.98 Å². The molecule has 118 valence electrons. The minimum absolute atomic E-state index is 0.0370. The van der Waals surface area contributed by atoms with Crippen LogP contribution in [0.3, 0.4) is 0 Å². The van der Waals surface area contributed by atoms with Crippen molar-refractivity contribution >= 4 is 17.2 Å². The number of amides is 1. The molecule has 0 spiro atoms. The Morgan fingerprint density at radius 2 is 2.27 bits per heavy atom. The third-order valence-corrected chi connectivity index (χ3v) is 5.27. The van der Waals surface area contributed by atoms with Gasteiger partial charge >= 0.3 is 0 Å². The zero-order valence-electron chi connectivity index (χ0n) is 13.1. The lowest BCUT2D eigenvalue weighted by atomic mass is 9.95. The van der Waals surface area contributed by atoms with E-state index in [0.29, 0.717) is 10.8 Å². The van der Waals surface area contributed by atoms with Crippen molar-refractivity contribution in [1.82, 2.24) is 15.6 Å². The fourth-order valence-electron chi connectivity index (χ4n) is 2.68. The largest absolute Gasteiger partial charge is 0.459 e. The van der Waals surface area contributed by atoms with Gasteiger partial charge in [-0.2, -0.15) is 0 Å². The molecule has 3 rings (SSSR count). The fourth-order valence-corrected chi connectivity index (χ4v) is 3.61. The SMILES string of the molecule is Cc1ccc(-c2nc(C)c(C(=O)NC3CNCCC3C)s2)o1. The van der Waals surface area contributed by atoms with Gasteiger partial charge in [-0.1, -0.05) is 6.92 Å². The molecule has 6 heteroatoms. The Hall–Kier alpha value is -1.66. The normalized spacial score (nSPS) is 21.8. The van der Waals surface area contributed by atoms with Gasteiger partial charge in [0.1, 0.15) is 10.6 Å². The summed E-state index contributed by atoms with van der Waals surface area (Å²) in [6.07, 6.45) is 1.09. The molecule has 2 aromatic rings. The molecule has 2 atom stereocenters. The van der Waals surface area contributed by atoms with Crippen molar-refractivity contribution in [3.05, 3.63) is 28.5 Å². The van der Waals surface area contributed by atoms with Gasteiger partial charge in [-0.15, -0.1) is 11.3 Å². The number of thiazole rings is 1. The highest BCUT2D eigenvalue weighted by Crippen LogP contribution is 2.29. The summed E-state index contributed by atoms with van der Waals surface area (Å²) >= 11 is 1.39. The van der Waals surface area contributed by atoms with Crippen molar-refractivity contribution in [3.8, 4) is 10.8 Å². The number of aromatic nitrogens is 1. The highest BCUT2D eigenvalue weighted by atomic mass is 32.1. The second-order valence-corrected chi connectivity index (χ2v) is 6.89. The summed E-state index contributed by atoms with van der Waals surface area (Å²) in [5.41, 5.74) is 0.753. The first kappa shape index (κ1) is 15.2. The number of carbonyl (C=O) groups excluding carboxylic acids is 1. The van der Waals surface area contributed by atoms with E-state index in [2.05, 4.69) is 22.5 Å². The highest BCUT2D eigenvalue weighted by molar-refractivity contribution is 7.17. The van der Waals surface area contributed by atoms with Crippen LogP contribution in [0.2, 0.25) is 0 Å². The van der Waals surface area contributed by atoms with Gasteiger partial charge < -0.3 is 15.1 Å². The van der Waals surface area contributed by atoms with Crippen molar-refractivity contribution in [2.75, 3.05) is 13.1 Å². The second kappa shape index (κ2) is 6.22. The van der Waals surface area contributed by atoms with Crippen molar-refractivity contribution in [3.63, 3.8) is 0 Å². The van der Waals surface area contributed by atoms with Crippen LogP contribution in [0.25, 0.3) is 10.8 Å². The minimum Gasteiger partial charge on any atom is -0.459 e. The Labute approximate surface area is 134 Å². The molecule has 1 fully saturated rings. The van der Waals surface area contributed by atoms with Crippen LogP contribution in [-0.4, -0.2) is 30.0 Å². The molecule has 1 aliphatic heterocycles. The molecule has 1 aliphatic rings. The van der Waals surface area contributed by atoms with Gasteiger partial charge in [-0.3, -0.25) is 4.79 Å². The van der Waals surface area contributed by atoms with E-state index in [9.17, 15) is 4.79 Å². The predicted molar refractivity (Wildman–Crippen MR) is 87.2 cm³/mol. The van der Waals surface area contributed by atoms with E-state index in [1.807, 2.05) is 26.0 Å². The molecule has 2 N–H and O–H groups in total. The molecule has 0 radical (unpaired) electrons. The average molecular weight is 319 g/mol. The average Bonchev–Trinajstić information content (AvgIpc) is 3.07. The van der Waals surface area contributed by atoms with Crippen molar-refractivity contribution in [2.24, 2.45) is 5.92 Å². The molecular weight excluding hydrogens is 298 g/mol. The first-order chi connectivity index (χ1) is 10.5. The summed E-state index contributed by atoms with van der Waals surface area (Å²) in [4.78, 5) is 17.7. The van der Waals surface area contributed by atoms with Crippen LogP contribution in [0.15, 0.2) is 16.5 Å². The smallest absolute Gasteiger partial charge is 0.263 e. The summed E-state index contributed by atoms with van der Waals surface area (Å²) in [6, 6.07) is 3.97. The van der Waals surface area contributed by atoms with Crippen LogP contribution in [0.1, 0.15) is 34.5 Å². The molecule has 5 nitrogen and oxygen atoms in total. The quantitative estimate of drug-likeness (QED) is 0.913. The predicted octanol–water partition coefficient (Wildman–Crippen LogP) is 2.75. The number of rotatable bonds is 3. The molecule has 1 amide bonds. The highest BCUT2D eigenvalue weighted by Gasteiger charge is 2.25. The van der Waals surface area contributed by atoms with Crippen LogP contribution in [-0.2, 0) is 0 Å². The maximum atomic E-state index is 12.5. The topological polar surface area (TPSA) is 67.2 Å². The van der Waals surface area contributed by atoms with Crippen molar-refractivity contribution in [2.45, 2.75) is 33.2 Å². The van der Waals surface area contributed by atoms with Gasteiger partial charge in [0.2, 0.25) is 0 Å². The first-order valence-corrected chi connectivity index (χ1v) is 8.42. The molecule has 0 aliphatic carbocycles. The van der Waals surface area contributed by atoms with E-state index < -0.39 is 0 Å². The summed E-state index contributed by atoms with van der Waals surface area (Å²) in [6.45, 7) is 7.80. The Kier molecular flexibility index (Phi) is 4.31. The van der Waals surface area contributed by atoms with Crippen molar-refractivity contribution < 1.29 is 9.21 Å². The lowest BCUT2D eigenvalue weighted by Gasteiger charge is -2.30. The summed E-state index contributed by atoms with van der Waals surface area (Å²) < 4.78 is 5.59.